The lowest BCUT2D eigenvalue weighted by Gasteiger charge is -2.25. The van der Waals surface area contributed by atoms with Crippen LogP contribution in [0.2, 0.25) is 0 Å². The molecule has 0 aliphatic heterocycles. The van der Waals surface area contributed by atoms with E-state index >= 15 is 0 Å². The van der Waals surface area contributed by atoms with Crippen LogP contribution in [0, 0.1) is 0 Å². The third-order valence-corrected chi connectivity index (χ3v) is 5.44. The molecular formula is C29H30N5O5+. The number of methoxy groups -OCH3 is 1. The molecule has 39 heavy (non-hydrogen) atoms. The van der Waals surface area contributed by atoms with Gasteiger partial charge in [0.05, 0.1) is 26.0 Å². The van der Waals surface area contributed by atoms with Crippen LogP contribution in [0.3, 0.4) is 0 Å². The highest BCUT2D eigenvalue weighted by Crippen LogP contribution is 2.28. The highest BCUT2D eigenvalue weighted by Gasteiger charge is 2.28. The summed E-state index contributed by atoms with van der Waals surface area (Å²) in [5, 5.41) is 0.414. The molecule has 0 radical (unpaired) electrons. The molecule has 4 rings (SSSR count). The third kappa shape index (κ3) is 6.53. The number of pyridine rings is 2. The fourth-order valence-electron chi connectivity index (χ4n) is 3.65. The quantitative estimate of drug-likeness (QED) is 0.176. The number of rotatable bonds is 9. The average molecular weight is 529 g/mol. The number of aldehydes is 1. The number of aromatic nitrogens is 4. The Labute approximate surface area is 226 Å². The number of carbonyl (C=O) groups is 2. The summed E-state index contributed by atoms with van der Waals surface area (Å²) in [6.07, 6.45) is 5.05. The summed E-state index contributed by atoms with van der Waals surface area (Å²) in [7, 11) is 1.57. The van der Waals surface area contributed by atoms with E-state index in [9.17, 15) is 9.59 Å². The molecule has 0 aliphatic rings. The number of amides is 1. The predicted molar refractivity (Wildman–Crippen MR) is 145 cm³/mol. The lowest BCUT2D eigenvalue weighted by molar-refractivity contribution is -0.599. The van der Waals surface area contributed by atoms with Gasteiger partial charge in [-0.2, -0.15) is 9.97 Å². The largest absolute Gasteiger partial charge is 0.496 e. The molecule has 1 amide bonds. The normalized spacial score (nSPS) is 11.1. The van der Waals surface area contributed by atoms with Gasteiger partial charge in [-0.15, -0.1) is 6.58 Å². The van der Waals surface area contributed by atoms with Gasteiger partial charge in [0.25, 0.3) is 5.65 Å². The van der Waals surface area contributed by atoms with Crippen LogP contribution in [0.1, 0.15) is 36.7 Å². The molecule has 200 valence electrons. The Morgan fingerprint density at radius 1 is 1.08 bits per heavy atom. The van der Waals surface area contributed by atoms with E-state index in [1.807, 2.05) is 30.3 Å². The zero-order valence-corrected chi connectivity index (χ0v) is 22.3. The molecule has 10 heteroatoms. The van der Waals surface area contributed by atoms with E-state index < -0.39 is 11.7 Å². The van der Waals surface area contributed by atoms with Crippen LogP contribution in [-0.2, 0) is 11.3 Å². The van der Waals surface area contributed by atoms with E-state index in [2.05, 4.69) is 21.5 Å². The smallest absolute Gasteiger partial charge is 0.417 e. The summed E-state index contributed by atoms with van der Waals surface area (Å²) >= 11 is 0. The van der Waals surface area contributed by atoms with Crippen LogP contribution < -0.4 is 18.9 Å². The van der Waals surface area contributed by atoms with Crippen molar-refractivity contribution < 1.29 is 28.4 Å². The standard InChI is InChI=1S/C29H30N5O5/c1-6-14-34(28(36)39-29(2,3)4)27-31-24-23(26(32-27)38-19-20-10-8-7-9-11-20)17-21(18-35)25(30-24)33-15-12-22(37-5)13-16-33/h6-13,15-18H,1,14,19H2,2-5H3/q+1. The van der Waals surface area contributed by atoms with Gasteiger partial charge in [-0.25, -0.2) is 14.3 Å². The molecular weight excluding hydrogens is 498 g/mol. The summed E-state index contributed by atoms with van der Waals surface area (Å²) in [5.41, 5.74) is 0.697. The summed E-state index contributed by atoms with van der Waals surface area (Å²) in [6, 6.07) is 14.7. The Morgan fingerprint density at radius 2 is 1.79 bits per heavy atom. The maximum Gasteiger partial charge on any atom is 0.417 e. The Hall–Kier alpha value is -4.86. The molecule has 0 bridgehead atoms. The zero-order valence-electron chi connectivity index (χ0n) is 22.3. The SMILES string of the molecule is C=CCN(C(=O)OC(C)(C)C)c1nc(OCc2ccccc2)c2cc(C=O)c(-[n+]3ccc(OC)cc3)nc2n1. The van der Waals surface area contributed by atoms with Crippen molar-refractivity contribution in [2.45, 2.75) is 33.0 Å². The van der Waals surface area contributed by atoms with Gasteiger partial charge < -0.3 is 14.2 Å². The van der Waals surface area contributed by atoms with Gasteiger partial charge >= 0.3 is 11.9 Å². The van der Waals surface area contributed by atoms with Gasteiger partial charge in [0, 0.05) is 12.1 Å². The monoisotopic (exact) mass is 528 g/mol. The van der Waals surface area contributed by atoms with Crippen LogP contribution in [0.25, 0.3) is 16.9 Å². The second-order valence-electron chi connectivity index (χ2n) is 9.52. The molecule has 1 aromatic carbocycles. The lowest BCUT2D eigenvalue weighted by atomic mass is 10.2. The number of anilines is 1. The van der Waals surface area contributed by atoms with Crippen LogP contribution >= 0.6 is 0 Å². The average Bonchev–Trinajstić information content (AvgIpc) is 2.93. The van der Waals surface area contributed by atoms with Gasteiger partial charge in [-0.3, -0.25) is 4.79 Å². The van der Waals surface area contributed by atoms with Crippen molar-refractivity contribution in [1.82, 2.24) is 15.0 Å². The fourth-order valence-corrected chi connectivity index (χ4v) is 3.65. The van der Waals surface area contributed by atoms with Crippen molar-refractivity contribution in [2.75, 3.05) is 18.6 Å². The van der Waals surface area contributed by atoms with Crippen LogP contribution in [0.15, 0.2) is 73.6 Å². The molecule has 0 atom stereocenters. The number of benzene rings is 1. The van der Waals surface area contributed by atoms with Crippen molar-refractivity contribution in [3.05, 3.63) is 84.7 Å². The Bertz CT molecular complexity index is 1480. The molecule has 0 saturated heterocycles. The van der Waals surface area contributed by atoms with E-state index in [0.29, 0.717) is 28.8 Å². The van der Waals surface area contributed by atoms with Crippen molar-refractivity contribution in [3.8, 4) is 17.4 Å². The zero-order chi connectivity index (χ0) is 28.0. The molecule has 0 fully saturated rings. The van der Waals surface area contributed by atoms with Crippen LogP contribution in [0.5, 0.6) is 11.6 Å². The lowest BCUT2D eigenvalue weighted by Crippen LogP contribution is -2.38. The first-order chi connectivity index (χ1) is 18.7. The first-order valence-electron chi connectivity index (χ1n) is 12.2. The number of hydrogen-bond acceptors (Lipinski definition) is 8. The minimum atomic E-state index is -0.741. The summed E-state index contributed by atoms with van der Waals surface area (Å²) < 4.78 is 18.6. The van der Waals surface area contributed by atoms with Crippen LogP contribution in [-0.4, -0.2) is 46.6 Å². The van der Waals surface area contributed by atoms with Crippen molar-refractivity contribution in [1.29, 1.82) is 0 Å². The molecule has 0 aliphatic carbocycles. The predicted octanol–water partition coefficient (Wildman–Crippen LogP) is 4.63. The molecule has 10 nitrogen and oxygen atoms in total. The molecule has 3 aromatic heterocycles. The summed E-state index contributed by atoms with van der Waals surface area (Å²) in [5.74, 6) is 1.18. The number of ether oxygens (including phenoxy) is 3. The highest BCUT2D eigenvalue weighted by atomic mass is 16.6. The number of carbonyl (C=O) groups excluding carboxylic acids is 2. The maximum absolute atomic E-state index is 13.1. The molecule has 0 unspecified atom stereocenters. The first kappa shape index (κ1) is 27.2. The molecule has 0 saturated carbocycles. The van der Waals surface area contributed by atoms with Gasteiger partial charge in [-0.05, 0) is 37.4 Å². The number of hydrogen-bond donors (Lipinski definition) is 0. The molecule has 4 aromatic rings. The van der Waals surface area contributed by atoms with E-state index in [1.54, 1.807) is 69.1 Å². The summed E-state index contributed by atoms with van der Waals surface area (Å²) in [4.78, 5) is 40.2. The van der Waals surface area contributed by atoms with Gasteiger partial charge in [0.15, 0.2) is 6.29 Å². The maximum atomic E-state index is 13.1. The highest BCUT2D eigenvalue weighted by molar-refractivity contribution is 5.92. The van der Waals surface area contributed by atoms with Crippen LogP contribution in [0.4, 0.5) is 10.7 Å². The Balaban J connectivity index is 1.87. The first-order valence-corrected chi connectivity index (χ1v) is 12.2. The van der Waals surface area contributed by atoms with E-state index in [1.165, 1.54) is 4.90 Å². The van der Waals surface area contributed by atoms with E-state index in [-0.39, 0.29) is 30.6 Å². The van der Waals surface area contributed by atoms with Crippen molar-refractivity contribution >= 4 is 29.4 Å². The van der Waals surface area contributed by atoms with E-state index in [0.717, 1.165) is 5.56 Å². The van der Waals surface area contributed by atoms with Gasteiger partial charge in [0.1, 0.15) is 28.9 Å². The van der Waals surface area contributed by atoms with E-state index in [4.69, 9.17) is 14.2 Å². The van der Waals surface area contributed by atoms with Crippen molar-refractivity contribution in [3.63, 3.8) is 0 Å². The second kappa shape index (κ2) is 11.7. The number of fused-ring (bicyclic) bond motifs is 1. The topological polar surface area (TPSA) is 108 Å². The number of nitrogens with zero attached hydrogens (tertiary/aromatic N) is 5. The van der Waals surface area contributed by atoms with Gasteiger partial charge in [-0.1, -0.05) is 36.4 Å². The molecule has 0 N–H and O–H groups in total. The third-order valence-electron chi connectivity index (χ3n) is 5.44. The molecule has 3 heterocycles. The second-order valence-corrected chi connectivity index (χ2v) is 9.52. The Kier molecular flexibility index (Phi) is 8.14. The minimum Gasteiger partial charge on any atom is -0.496 e. The minimum absolute atomic E-state index is 0.0248. The van der Waals surface area contributed by atoms with Gasteiger partial charge in [0.2, 0.25) is 11.8 Å². The fraction of sp³-hybridized carbons (Fsp3) is 0.241. The molecule has 0 spiro atoms. The summed E-state index contributed by atoms with van der Waals surface area (Å²) in [6.45, 7) is 9.35. The Morgan fingerprint density at radius 3 is 2.41 bits per heavy atom. The van der Waals surface area contributed by atoms with Crippen molar-refractivity contribution in [2.24, 2.45) is 0 Å².